The molecule has 1 unspecified atom stereocenters. The van der Waals surface area contributed by atoms with Crippen LogP contribution in [0.25, 0.3) is 0 Å². The van der Waals surface area contributed by atoms with Crippen LogP contribution in [0.4, 0.5) is 0 Å². The van der Waals surface area contributed by atoms with Gasteiger partial charge in [0.1, 0.15) is 0 Å². The van der Waals surface area contributed by atoms with Crippen LogP contribution in [0.5, 0.6) is 0 Å². The predicted octanol–water partition coefficient (Wildman–Crippen LogP) is 2.50. The molecule has 0 aliphatic heterocycles. The number of hydrogen-bond acceptors (Lipinski definition) is 3. The lowest BCUT2D eigenvalue weighted by atomic mass is 9.84. The normalized spacial score (nSPS) is 15.3. The van der Waals surface area contributed by atoms with Crippen molar-refractivity contribution in [3.05, 3.63) is 0 Å². The second kappa shape index (κ2) is 9.76. The Hall–Kier alpha value is -0.120. The first-order chi connectivity index (χ1) is 8.49. The maximum Gasteiger partial charge on any atom is 0.0443 e. The van der Waals surface area contributed by atoms with E-state index in [0.717, 1.165) is 32.6 Å². The molecular weight excluding hydrogens is 224 g/mol. The largest absolute Gasteiger partial charge is 0.396 e. The third-order valence-electron chi connectivity index (χ3n) is 3.57. The Balaban J connectivity index is 4.47. The lowest BCUT2D eigenvalue weighted by molar-refractivity contribution is 0.114. The van der Waals surface area contributed by atoms with E-state index in [1.807, 2.05) is 0 Å². The molecule has 0 aliphatic carbocycles. The van der Waals surface area contributed by atoms with E-state index < -0.39 is 0 Å². The number of rotatable bonds is 11. The lowest BCUT2D eigenvalue weighted by Crippen LogP contribution is -2.45. The van der Waals surface area contributed by atoms with Gasteiger partial charge in [-0.1, -0.05) is 27.2 Å². The molecule has 3 heteroatoms. The van der Waals surface area contributed by atoms with Gasteiger partial charge in [-0.05, 0) is 38.6 Å². The Morgan fingerprint density at radius 2 is 1.94 bits per heavy atom. The topological polar surface area (TPSA) is 35.5 Å². The molecule has 0 aliphatic rings. The molecule has 18 heavy (non-hydrogen) atoms. The highest BCUT2D eigenvalue weighted by molar-refractivity contribution is 4.81. The van der Waals surface area contributed by atoms with Gasteiger partial charge >= 0.3 is 0 Å². The Labute approximate surface area is 114 Å². The quantitative estimate of drug-likeness (QED) is 0.598. The molecule has 0 rings (SSSR count). The standard InChI is InChI=1S/C15H34N2O/c1-6-9-15(5,12-16-7-2)13-17(14(3)4)10-8-11-18/h14,16,18H,6-13H2,1-5H3. The Bertz CT molecular complexity index is 197. The molecule has 0 spiro atoms. The monoisotopic (exact) mass is 258 g/mol. The number of nitrogens with one attached hydrogen (secondary N) is 1. The number of nitrogens with zero attached hydrogens (tertiary/aromatic N) is 1. The van der Waals surface area contributed by atoms with Crippen molar-refractivity contribution in [2.24, 2.45) is 5.41 Å². The summed E-state index contributed by atoms with van der Waals surface area (Å²) in [5, 5.41) is 12.5. The zero-order valence-electron chi connectivity index (χ0n) is 13.1. The highest BCUT2D eigenvalue weighted by atomic mass is 16.3. The molecule has 0 bridgehead atoms. The van der Waals surface area contributed by atoms with E-state index in [4.69, 9.17) is 5.11 Å². The van der Waals surface area contributed by atoms with Crippen LogP contribution in [-0.2, 0) is 0 Å². The summed E-state index contributed by atoms with van der Waals surface area (Å²) in [6.07, 6.45) is 3.36. The minimum atomic E-state index is 0.293. The third-order valence-corrected chi connectivity index (χ3v) is 3.57. The minimum Gasteiger partial charge on any atom is -0.396 e. The fourth-order valence-corrected chi connectivity index (χ4v) is 2.54. The second-order valence-electron chi connectivity index (χ2n) is 5.98. The fourth-order valence-electron chi connectivity index (χ4n) is 2.54. The highest BCUT2D eigenvalue weighted by Crippen LogP contribution is 2.25. The number of aliphatic hydroxyl groups excluding tert-OH is 1. The molecule has 0 saturated heterocycles. The van der Waals surface area contributed by atoms with Crippen LogP contribution in [0.1, 0.15) is 53.9 Å². The van der Waals surface area contributed by atoms with E-state index in [1.165, 1.54) is 12.8 Å². The molecule has 0 heterocycles. The zero-order valence-corrected chi connectivity index (χ0v) is 13.1. The van der Waals surface area contributed by atoms with E-state index in [-0.39, 0.29) is 0 Å². The lowest BCUT2D eigenvalue weighted by Gasteiger charge is -2.38. The third kappa shape index (κ3) is 7.34. The SMILES string of the molecule is CCCC(C)(CNCC)CN(CCCO)C(C)C. The summed E-state index contributed by atoms with van der Waals surface area (Å²) in [7, 11) is 0. The van der Waals surface area contributed by atoms with Crippen molar-refractivity contribution in [3.63, 3.8) is 0 Å². The fraction of sp³-hybridized carbons (Fsp3) is 1.00. The van der Waals surface area contributed by atoms with Crippen molar-refractivity contribution in [2.45, 2.75) is 59.9 Å². The van der Waals surface area contributed by atoms with Crippen molar-refractivity contribution in [1.29, 1.82) is 0 Å². The van der Waals surface area contributed by atoms with Crippen molar-refractivity contribution >= 4 is 0 Å². The van der Waals surface area contributed by atoms with E-state index in [0.29, 0.717) is 18.1 Å². The van der Waals surface area contributed by atoms with E-state index >= 15 is 0 Å². The van der Waals surface area contributed by atoms with Gasteiger partial charge in [0.15, 0.2) is 0 Å². The molecule has 3 nitrogen and oxygen atoms in total. The van der Waals surface area contributed by atoms with Crippen molar-refractivity contribution in [3.8, 4) is 0 Å². The van der Waals surface area contributed by atoms with Crippen LogP contribution in [0.3, 0.4) is 0 Å². The van der Waals surface area contributed by atoms with Crippen molar-refractivity contribution in [1.82, 2.24) is 10.2 Å². The van der Waals surface area contributed by atoms with Gasteiger partial charge in [-0.15, -0.1) is 0 Å². The Morgan fingerprint density at radius 3 is 2.39 bits per heavy atom. The van der Waals surface area contributed by atoms with Gasteiger partial charge in [0.05, 0.1) is 0 Å². The molecule has 0 amide bonds. The first-order valence-corrected chi connectivity index (χ1v) is 7.54. The van der Waals surface area contributed by atoms with Gasteiger partial charge in [-0.3, -0.25) is 0 Å². The van der Waals surface area contributed by atoms with Gasteiger partial charge < -0.3 is 15.3 Å². The van der Waals surface area contributed by atoms with Crippen LogP contribution in [0, 0.1) is 5.41 Å². The molecule has 0 aromatic heterocycles. The summed E-state index contributed by atoms with van der Waals surface area (Å²) < 4.78 is 0. The maximum absolute atomic E-state index is 9.00. The maximum atomic E-state index is 9.00. The highest BCUT2D eigenvalue weighted by Gasteiger charge is 2.26. The van der Waals surface area contributed by atoms with Gasteiger partial charge in [-0.2, -0.15) is 0 Å². The van der Waals surface area contributed by atoms with E-state index in [9.17, 15) is 0 Å². The van der Waals surface area contributed by atoms with Gasteiger partial charge in [0.25, 0.3) is 0 Å². The first kappa shape index (κ1) is 17.9. The molecule has 0 radical (unpaired) electrons. The van der Waals surface area contributed by atoms with Crippen molar-refractivity contribution < 1.29 is 5.11 Å². The Morgan fingerprint density at radius 1 is 1.28 bits per heavy atom. The summed E-state index contributed by atoms with van der Waals surface area (Å²) in [5.41, 5.74) is 0.338. The molecule has 0 fully saturated rings. The van der Waals surface area contributed by atoms with Crippen LogP contribution in [0.2, 0.25) is 0 Å². The molecule has 110 valence electrons. The van der Waals surface area contributed by atoms with Gasteiger partial charge in [-0.25, -0.2) is 0 Å². The molecule has 0 saturated carbocycles. The van der Waals surface area contributed by atoms with Gasteiger partial charge in [0, 0.05) is 32.3 Å². The van der Waals surface area contributed by atoms with Crippen LogP contribution in [0.15, 0.2) is 0 Å². The average molecular weight is 258 g/mol. The average Bonchev–Trinajstić information content (AvgIpc) is 2.32. The van der Waals surface area contributed by atoms with Crippen LogP contribution >= 0.6 is 0 Å². The molecular formula is C15H34N2O. The molecule has 1 atom stereocenters. The van der Waals surface area contributed by atoms with Crippen molar-refractivity contribution in [2.75, 3.05) is 32.8 Å². The van der Waals surface area contributed by atoms with Crippen LogP contribution < -0.4 is 5.32 Å². The summed E-state index contributed by atoms with van der Waals surface area (Å²) in [6, 6.07) is 0.550. The van der Waals surface area contributed by atoms with Crippen LogP contribution in [-0.4, -0.2) is 48.8 Å². The Kier molecular flexibility index (Phi) is 9.70. The summed E-state index contributed by atoms with van der Waals surface area (Å²) >= 11 is 0. The number of hydrogen-bond donors (Lipinski definition) is 2. The smallest absolute Gasteiger partial charge is 0.0443 e. The minimum absolute atomic E-state index is 0.293. The molecule has 2 N–H and O–H groups in total. The summed E-state index contributed by atoms with van der Waals surface area (Å²) in [5.74, 6) is 0. The van der Waals surface area contributed by atoms with E-state index in [2.05, 4.69) is 44.8 Å². The number of aliphatic hydroxyl groups is 1. The summed E-state index contributed by atoms with van der Waals surface area (Å²) in [4.78, 5) is 2.50. The zero-order chi connectivity index (χ0) is 14.0. The molecule has 0 aromatic rings. The second-order valence-corrected chi connectivity index (χ2v) is 5.98. The van der Waals surface area contributed by atoms with E-state index in [1.54, 1.807) is 0 Å². The summed E-state index contributed by atoms with van der Waals surface area (Å²) in [6.45, 7) is 15.8. The molecule has 0 aromatic carbocycles. The van der Waals surface area contributed by atoms with Gasteiger partial charge in [0.2, 0.25) is 0 Å². The first-order valence-electron chi connectivity index (χ1n) is 7.54. The predicted molar refractivity (Wildman–Crippen MR) is 80.0 cm³/mol.